The summed E-state index contributed by atoms with van der Waals surface area (Å²) in [5, 5.41) is 13.0. The van der Waals surface area contributed by atoms with E-state index in [1.54, 1.807) is 7.11 Å². The quantitative estimate of drug-likeness (QED) is 0.795. The van der Waals surface area contributed by atoms with Crippen LogP contribution in [0.15, 0.2) is 18.2 Å². The Morgan fingerprint density at radius 2 is 2.16 bits per heavy atom. The molecule has 106 valence electrons. The second-order valence-corrected chi connectivity index (χ2v) is 5.75. The van der Waals surface area contributed by atoms with Crippen molar-refractivity contribution < 1.29 is 9.84 Å². The van der Waals surface area contributed by atoms with Crippen molar-refractivity contribution in [1.29, 1.82) is 0 Å². The lowest BCUT2D eigenvalue weighted by atomic mass is 9.99. The Balaban J connectivity index is 2.10. The number of ether oxygens (including phenoxy) is 1. The summed E-state index contributed by atoms with van der Waals surface area (Å²) < 4.78 is 5.47. The lowest BCUT2D eigenvalue weighted by molar-refractivity contribution is 0.203. The summed E-state index contributed by atoms with van der Waals surface area (Å²) in [5.41, 5.74) is 2.61. The Morgan fingerprint density at radius 1 is 1.42 bits per heavy atom. The summed E-state index contributed by atoms with van der Waals surface area (Å²) in [6.07, 6.45) is 3.29. The van der Waals surface area contributed by atoms with Gasteiger partial charge < -0.3 is 15.2 Å². The Hall–Kier alpha value is -1.06. The standard InChI is InChI=1S/C16H25NO2/c1-4-14(17-10-16(11-18)7-8-16)13-9-12(2)5-6-15(13)19-3/h5-6,9,14,17-18H,4,7-8,10-11H2,1-3H3. The lowest BCUT2D eigenvalue weighted by Gasteiger charge is -2.23. The number of aliphatic hydroxyl groups excluding tert-OH is 1. The molecule has 1 aliphatic carbocycles. The van der Waals surface area contributed by atoms with E-state index in [9.17, 15) is 5.11 Å². The number of rotatable bonds is 7. The monoisotopic (exact) mass is 263 g/mol. The molecule has 1 saturated carbocycles. The minimum Gasteiger partial charge on any atom is -0.496 e. The smallest absolute Gasteiger partial charge is 0.123 e. The fraction of sp³-hybridized carbons (Fsp3) is 0.625. The van der Waals surface area contributed by atoms with Gasteiger partial charge in [-0.15, -0.1) is 0 Å². The maximum Gasteiger partial charge on any atom is 0.123 e. The minimum atomic E-state index is 0.143. The van der Waals surface area contributed by atoms with E-state index in [4.69, 9.17) is 4.74 Å². The Bertz CT molecular complexity index is 427. The van der Waals surface area contributed by atoms with Crippen LogP contribution in [-0.4, -0.2) is 25.4 Å². The molecule has 19 heavy (non-hydrogen) atoms. The summed E-state index contributed by atoms with van der Waals surface area (Å²) in [4.78, 5) is 0. The van der Waals surface area contributed by atoms with E-state index in [2.05, 4.69) is 31.3 Å². The molecule has 0 aliphatic heterocycles. The van der Waals surface area contributed by atoms with Crippen molar-refractivity contribution in [3.63, 3.8) is 0 Å². The molecule has 2 N–H and O–H groups in total. The first-order chi connectivity index (χ1) is 9.14. The van der Waals surface area contributed by atoms with Gasteiger partial charge in [0, 0.05) is 30.2 Å². The predicted octanol–water partition coefficient (Wildman–Crippen LogP) is 2.82. The number of benzene rings is 1. The van der Waals surface area contributed by atoms with Gasteiger partial charge in [0.25, 0.3) is 0 Å². The van der Waals surface area contributed by atoms with Gasteiger partial charge in [0.05, 0.1) is 7.11 Å². The van der Waals surface area contributed by atoms with Gasteiger partial charge in [0.2, 0.25) is 0 Å². The highest BCUT2D eigenvalue weighted by Crippen LogP contribution is 2.45. The molecule has 1 atom stereocenters. The zero-order valence-corrected chi connectivity index (χ0v) is 12.2. The van der Waals surface area contributed by atoms with Crippen molar-refractivity contribution >= 4 is 0 Å². The van der Waals surface area contributed by atoms with Crippen molar-refractivity contribution in [2.24, 2.45) is 5.41 Å². The first kappa shape index (κ1) is 14.4. The number of hydrogen-bond donors (Lipinski definition) is 2. The molecule has 1 aromatic rings. The van der Waals surface area contributed by atoms with E-state index >= 15 is 0 Å². The molecule has 0 heterocycles. The van der Waals surface area contributed by atoms with Gasteiger partial charge in [-0.05, 0) is 32.3 Å². The second-order valence-electron chi connectivity index (χ2n) is 5.75. The van der Waals surface area contributed by atoms with E-state index in [-0.39, 0.29) is 5.41 Å². The molecule has 1 aromatic carbocycles. The number of aliphatic hydroxyl groups is 1. The van der Waals surface area contributed by atoms with Gasteiger partial charge in [0.1, 0.15) is 5.75 Å². The van der Waals surface area contributed by atoms with E-state index < -0.39 is 0 Å². The number of methoxy groups -OCH3 is 1. The molecule has 0 amide bonds. The van der Waals surface area contributed by atoms with E-state index in [1.165, 1.54) is 11.1 Å². The first-order valence-corrected chi connectivity index (χ1v) is 7.13. The molecule has 3 heteroatoms. The largest absolute Gasteiger partial charge is 0.496 e. The van der Waals surface area contributed by atoms with E-state index in [0.717, 1.165) is 31.6 Å². The van der Waals surface area contributed by atoms with E-state index in [0.29, 0.717) is 12.6 Å². The molecular weight excluding hydrogens is 238 g/mol. The lowest BCUT2D eigenvalue weighted by Crippen LogP contribution is -2.30. The summed E-state index contributed by atoms with van der Waals surface area (Å²) in [7, 11) is 1.72. The van der Waals surface area contributed by atoms with Crippen molar-refractivity contribution in [2.75, 3.05) is 20.3 Å². The van der Waals surface area contributed by atoms with Gasteiger partial charge in [-0.1, -0.05) is 24.6 Å². The fourth-order valence-corrected chi connectivity index (χ4v) is 2.51. The normalized spacial score (nSPS) is 18.1. The highest BCUT2D eigenvalue weighted by molar-refractivity contribution is 5.39. The van der Waals surface area contributed by atoms with Gasteiger partial charge >= 0.3 is 0 Å². The van der Waals surface area contributed by atoms with Crippen LogP contribution in [0.5, 0.6) is 5.75 Å². The van der Waals surface area contributed by atoms with Crippen molar-refractivity contribution in [2.45, 2.75) is 39.2 Å². The molecule has 1 aliphatic rings. The summed E-state index contributed by atoms with van der Waals surface area (Å²) >= 11 is 0. The molecule has 0 spiro atoms. The average Bonchev–Trinajstić information content (AvgIpc) is 3.20. The third-order valence-electron chi connectivity index (χ3n) is 4.18. The third-order valence-corrected chi connectivity index (χ3v) is 4.18. The van der Waals surface area contributed by atoms with Crippen LogP contribution >= 0.6 is 0 Å². The second kappa shape index (κ2) is 5.93. The number of hydrogen-bond acceptors (Lipinski definition) is 3. The molecule has 1 unspecified atom stereocenters. The Morgan fingerprint density at radius 3 is 2.68 bits per heavy atom. The van der Waals surface area contributed by atoms with Crippen molar-refractivity contribution in [3.8, 4) is 5.75 Å². The average molecular weight is 263 g/mol. The van der Waals surface area contributed by atoms with Gasteiger partial charge in [-0.3, -0.25) is 0 Å². The predicted molar refractivity (Wildman–Crippen MR) is 77.5 cm³/mol. The fourth-order valence-electron chi connectivity index (χ4n) is 2.51. The Labute approximate surface area is 116 Å². The molecule has 2 rings (SSSR count). The minimum absolute atomic E-state index is 0.143. The first-order valence-electron chi connectivity index (χ1n) is 7.13. The molecule has 0 radical (unpaired) electrons. The zero-order chi connectivity index (χ0) is 13.9. The molecule has 3 nitrogen and oxygen atoms in total. The highest BCUT2D eigenvalue weighted by atomic mass is 16.5. The molecule has 1 fully saturated rings. The SMILES string of the molecule is CCC(NCC1(CO)CC1)c1cc(C)ccc1OC. The third kappa shape index (κ3) is 3.28. The number of nitrogens with one attached hydrogen (secondary N) is 1. The van der Waals surface area contributed by atoms with Crippen LogP contribution in [-0.2, 0) is 0 Å². The van der Waals surface area contributed by atoms with Crippen LogP contribution < -0.4 is 10.1 Å². The zero-order valence-electron chi connectivity index (χ0n) is 12.2. The molecule has 0 bridgehead atoms. The summed E-state index contributed by atoms with van der Waals surface area (Å²) in [5.74, 6) is 0.943. The number of aryl methyl sites for hydroxylation is 1. The van der Waals surface area contributed by atoms with Crippen LogP contribution in [0.2, 0.25) is 0 Å². The Kier molecular flexibility index (Phi) is 4.48. The molecule has 0 saturated heterocycles. The van der Waals surface area contributed by atoms with Gasteiger partial charge in [-0.25, -0.2) is 0 Å². The maximum absolute atomic E-state index is 9.39. The molecular formula is C16H25NO2. The maximum atomic E-state index is 9.39. The van der Waals surface area contributed by atoms with E-state index in [1.807, 2.05) is 6.07 Å². The van der Waals surface area contributed by atoms with Crippen LogP contribution in [0.4, 0.5) is 0 Å². The van der Waals surface area contributed by atoms with Crippen molar-refractivity contribution in [1.82, 2.24) is 5.32 Å². The summed E-state index contributed by atoms with van der Waals surface area (Å²) in [6, 6.07) is 6.59. The van der Waals surface area contributed by atoms with Crippen LogP contribution in [0.25, 0.3) is 0 Å². The van der Waals surface area contributed by atoms with Crippen LogP contribution in [0.1, 0.15) is 43.4 Å². The van der Waals surface area contributed by atoms with Crippen LogP contribution in [0, 0.1) is 12.3 Å². The highest BCUT2D eigenvalue weighted by Gasteiger charge is 2.41. The van der Waals surface area contributed by atoms with Crippen LogP contribution in [0.3, 0.4) is 0 Å². The summed E-state index contributed by atoms with van der Waals surface area (Å²) in [6.45, 7) is 5.46. The molecule has 0 aromatic heterocycles. The van der Waals surface area contributed by atoms with Crippen molar-refractivity contribution in [3.05, 3.63) is 29.3 Å². The topological polar surface area (TPSA) is 41.5 Å². The van der Waals surface area contributed by atoms with Gasteiger partial charge in [-0.2, -0.15) is 0 Å². The van der Waals surface area contributed by atoms with Gasteiger partial charge in [0.15, 0.2) is 0 Å².